The summed E-state index contributed by atoms with van der Waals surface area (Å²) in [6.07, 6.45) is 28.7. The maximum absolute atomic E-state index is 13.3. The number of hydrogen-bond acceptors (Lipinski definition) is 11. The molecule has 3 saturated carbocycles. The number of hydrogen-bond donors (Lipinski definition) is 1. The Morgan fingerprint density at radius 3 is 1.63 bits per heavy atom. The third kappa shape index (κ3) is 22.4. The molecule has 11 nitrogen and oxygen atoms in total. The number of carbonyl (C=O) groups excluding carboxylic acids is 5. The smallest absolute Gasteiger partial charge is 0.306 e. The molecule has 3 fully saturated rings. The molecule has 0 aromatic rings. The number of allylic oxidation sites excluding steroid dienone is 2. The van der Waals surface area contributed by atoms with Crippen LogP contribution in [0.5, 0.6) is 0 Å². The van der Waals surface area contributed by atoms with E-state index >= 15 is 0 Å². The van der Waals surface area contributed by atoms with Gasteiger partial charge in [-0.3, -0.25) is 24.0 Å². The van der Waals surface area contributed by atoms with Crippen molar-refractivity contribution in [3.8, 4) is 0 Å². The van der Waals surface area contributed by atoms with Gasteiger partial charge in [0.1, 0.15) is 19.8 Å². The molecule has 354 valence electrons. The first-order valence-corrected chi connectivity index (χ1v) is 24.6. The molecule has 3 rings (SSSR count). The van der Waals surface area contributed by atoms with Crippen LogP contribution < -0.4 is 0 Å². The Morgan fingerprint density at radius 1 is 0.548 bits per heavy atom. The fraction of sp³-hybridized carbons (Fsp3) is 0.824. The summed E-state index contributed by atoms with van der Waals surface area (Å²) in [4.78, 5) is 63.9. The lowest BCUT2D eigenvalue weighted by Gasteiger charge is -2.31. The van der Waals surface area contributed by atoms with Crippen molar-refractivity contribution in [1.82, 2.24) is 0 Å². The molecule has 3 bridgehead atoms. The molecular formula is C51H84O11. The molecule has 0 heterocycles. The topological polar surface area (TPSA) is 152 Å². The normalized spacial score (nSPS) is 22.5. The second-order valence-corrected chi connectivity index (χ2v) is 19.4. The predicted molar refractivity (Wildman–Crippen MR) is 241 cm³/mol. The number of aliphatic hydroxyl groups is 1. The molecule has 0 aromatic heterocycles. The van der Waals surface area contributed by atoms with E-state index in [1.165, 1.54) is 57.8 Å². The van der Waals surface area contributed by atoms with Gasteiger partial charge >= 0.3 is 29.8 Å². The molecule has 8 unspecified atom stereocenters. The van der Waals surface area contributed by atoms with Crippen LogP contribution in [0.2, 0.25) is 0 Å². The summed E-state index contributed by atoms with van der Waals surface area (Å²) in [7, 11) is 0. The lowest BCUT2D eigenvalue weighted by Crippen LogP contribution is -2.42. The fourth-order valence-corrected chi connectivity index (χ4v) is 9.69. The number of ether oxygens (including phenoxy) is 5. The first kappa shape index (κ1) is 53.1. The highest BCUT2D eigenvalue weighted by atomic mass is 16.6. The van der Waals surface area contributed by atoms with Gasteiger partial charge in [-0.2, -0.15) is 0 Å². The van der Waals surface area contributed by atoms with Gasteiger partial charge in [0.25, 0.3) is 0 Å². The molecule has 1 N–H and O–H groups in total. The van der Waals surface area contributed by atoms with Crippen molar-refractivity contribution in [2.24, 2.45) is 46.8 Å². The zero-order valence-corrected chi connectivity index (χ0v) is 39.1. The monoisotopic (exact) mass is 873 g/mol. The Balaban J connectivity index is 1.44. The summed E-state index contributed by atoms with van der Waals surface area (Å²) in [5.74, 6) is 1.21. The van der Waals surface area contributed by atoms with E-state index in [1.54, 1.807) is 0 Å². The summed E-state index contributed by atoms with van der Waals surface area (Å²) < 4.78 is 27.8. The maximum Gasteiger partial charge on any atom is 0.306 e. The lowest BCUT2D eigenvalue weighted by molar-refractivity contribution is -0.166. The van der Waals surface area contributed by atoms with Crippen molar-refractivity contribution in [3.05, 3.63) is 24.3 Å². The number of esters is 5. The largest absolute Gasteiger partial charge is 0.465 e. The fourth-order valence-electron chi connectivity index (χ4n) is 9.69. The summed E-state index contributed by atoms with van der Waals surface area (Å²) >= 11 is 0. The van der Waals surface area contributed by atoms with Gasteiger partial charge in [0.2, 0.25) is 0 Å². The summed E-state index contributed by atoms with van der Waals surface area (Å²) in [6, 6.07) is 0. The summed E-state index contributed by atoms with van der Waals surface area (Å²) in [5.41, 5.74) is -1.35. The van der Waals surface area contributed by atoms with E-state index in [4.69, 9.17) is 23.7 Å². The van der Waals surface area contributed by atoms with E-state index in [9.17, 15) is 29.1 Å². The maximum atomic E-state index is 13.3. The van der Waals surface area contributed by atoms with Crippen LogP contribution in [-0.4, -0.2) is 74.6 Å². The van der Waals surface area contributed by atoms with Crippen LogP contribution in [0, 0.1) is 46.8 Å². The first-order valence-electron chi connectivity index (χ1n) is 24.6. The average molecular weight is 873 g/mol. The van der Waals surface area contributed by atoms with E-state index in [2.05, 4.69) is 32.1 Å². The van der Waals surface area contributed by atoms with Crippen molar-refractivity contribution in [2.75, 3.05) is 39.6 Å². The second-order valence-electron chi connectivity index (χ2n) is 19.4. The minimum atomic E-state index is -1.35. The van der Waals surface area contributed by atoms with Gasteiger partial charge in [-0.15, -0.1) is 0 Å². The number of aliphatic hydroxyl groups excluding tert-OH is 1. The number of carbonyl (C=O) groups is 5. The van der Waals surface area contributed by atoms with Crippen molar-refractivity contribution in [2.45, 2.75) is 182 Å². The Labute approximate surface area is 374 Å². The molecule has 0 aromatic carbocycles. The SMILES string of the molecule is CCCCC/C=C\CCOC(=O)CCC(C)CC(=O)OCC(CO)(COC(=O)CCCC(C)CC(=O)OCC/C=C\CCCCC)COC(=O)CC1CC2CC3CC(C1)C(C2)C3. The zero-order chi connectivity index (χ0) is 45.0. The molecule has 0 saturated heterocycles. The lowest BCUT2D eigenvalue weighted by atomic mass is 9.78. The Bertz CT molecular complexity index is 1370. The Kier molecular flexibility index (Phi) is 26.4. The molecule has 3 aliphatic rings. The van der Waals surface area contributed by atoms with Gasteiger partial charge < -0.3 is 28.8 Å². The number of rotatable bonds is 34. The molecule has 62 heavy (non-hydrogen) atoms. The second kappa shape index (κ2) is 30.8. The molecule has 3 aliphatic carbocycles. The van der Waals surface area contributed by atoms with E-state index in [0.717, 1.165) is 43.9 Å². The van der Waals surface area contributed by atoms with E-state index in [0.29, 0.717) is 63.6 Å². The predicted octanol–water partition coefficient (Wildman–Crippen LogP) is 10.6. The van der Waals surface area contributed by atoms with Gasteiger partial charge in [-0.25, -0.2) is 0 Å². The van der Waals surface area contributed by atoms with Crippen molar-refractivity contribution in [1.29, 1.82) is 0 Å². The first-order chi connectivity index (χ1) is 29.9. The third-order valence-corrected chi connectivity index (χ3v) is 13.3. The van der Waals surface area contributed by atoms with Crippen molar-refractivity contribution < 1.29 is 52.8 Å². The number of unbranched alkanes of at least 4 members (excludes halogenated alkanes) is 6. The average Bonchev–Trinajstić information content (AvgIpc) is 3.46. The number of fused-ring (bicyclic) bond motifs is 2. The molecule has 0 radical (unpaired) electrons. The van der Waals surface area contributed by atoms with Gasteiger partial charge in [0.15, 0.2) is 0 Å². The van der Waals surface area contributed by atoms with Gasteiger partial charge in [-0.05, 0) is 138 Å². The van der Waals surface area contributed by atoms with Gasteiger partial charge in [-0.1, -0.05) is 77.7 Å². The van der Waals surface area contributed by atoms with Gasteiger partial charge in [0, 0.05) is 32.1 Å². The summed E-state index contributed by atoms with van der Waals surface area (Å²) in [5, 5.41) is 10.7. The van der Waals surface area contributed by atoms with Crippen LogP contribution in [-0.2, 0) is 47.7 Å². The van der Waals surface area contributed by atoms with Crippen LogP contribution in [0.1, 0.15) is 182 Å². The Morgan fingerprint density at radius 2 is 1.03 bits per heavy atom. The molecule has 8 atom stereocenters. The van der Waals surface area contributed by atoms with E-state index in [-0.39, 0.29) is 81.2 Å². The van der Waals surface area contributed by atoms with Gasteiger partial charge in [0.05, 0.1) is 25.2 Å². The van der Waals surface area contributed by atoms with Crippen LogP contribution in [0.25, 0.3) is 0 Å². The minimum Gasteiger partial charge on any atom is -0.465 e. The zero-order valence-electron chi connectivity index (χ0n) is 39.1. The van der Waals surface area contributed by atoms with E-state index < -0.39 is 24.0 Å². The minimum absolute atomic E-state index is 0.0225. The Hall–Kier alpha value is -3.21. The molecule has 11 heteroatoms. The summed E-state index contributed by atoms with van der Waals surface area (Å²) in [6.45, 7) is 7.42. The highest BCUT2D eigenvalue weighted by molar-refractivity contribution is 5.72. The van der Waals surface area contributed by atoms with Crippen LogP contribution in [0.4, 0.5) is 0 Å². The van der Waals surface area contributed by atoms with Crippen LogP contribution >= 0.6 is 0 Å². The van der Waals surface area contributed by atoms with Crippen LogP contribution in [0.15, 0.2) is 24.3 Å². The standard InChI is InChI=1S/C51H84O11/c1-5-7-9-11-13-15-17-24-58-47(54)23-22-40(4)27-49(56)61-37-51(35-52,38-62-50(57)34-43-29-41-28-42-31-44(30-41)45(32-42)33-43)36-60-46(53)21-19-20-39(3)26-48(55)59-25-18-16-14-12-10-8-6-2/h13-16,39-45,52H,5-12,17-38H2,1-4H3/b15-13-,16-14-. The highest BCUT2D eigenvalue weighted by Crippen LogP contribution is 2.55. The third-order valence-electron chi connectivity index (χ3n) is 13.3. The van der Waals surface area contributed by atoms with Crippen LogP contribution in [0.3, 0.4) is 0 Å². The van der Waals surface area contributed by atoms with Crippen molar-refractivity contribution >= 4 is 29.8 Å². The molecule has 0 spiro atoms. The van der Waals surface area contributed by atoms with Crippen molar-refractivity contribution in [3.63, 3.8) is 0 Å². The van der Waals surface area contributed by atoms with E-state index in [1.807, 2.05) is 19.9 Å². The molecular weight excluding hydrogens is 789 g/mol. The quantitative estimate of drug-likeness (QED) is 0.0285. The molecule has 0 amide bonds. The molecule has 0 aliphatic heterocycles. The highest BCUT2D eigenvalue weighted by Gasteiger charge is 2.45.